The first-order valence-corrected chi connectivity index (χ1v) is 10.1. The van der Waals surface area contributed by atoms with E-state index in [2.05, 4.69) is 5.32 Å². The van der Waals surface area contributed by atoms with E-state index in [0.717, 1.165) is 18.2 Å². The number of hydrogen-bond acceptors (Lipinski definition) is 3. The number of halogens is 4. The molecule has 1 aliphatic heterocycles. The first-order chi connectivity index (χ1) is 15.7. The van der Waals surface area contributed by atoms with E-state index in [1.54, 1.807) is 6.08 Å². The lowest BCUT2D eigenvalue weighted by molar-refractivity contribution is -0.137. The van der Waals surface area contributed by atoms with Crippen molar-refractivity contribution in [3.63, 3.8) is 0 Å². The molecule has 170 valence electrons. The fraction of sp³-hybridized carbons (Fsp3) is 0.261. The Morgan fingerprint density at radius 1 is 1.15 bits per heavy atom. The first-order valence-electron chi connectivity index (χ1n) is 10.1. The third kappa shape index (κ3) is 3.80. The average molecular weight is 458 g/mol. The lowest BCUT2D eigenvalue weighted by Crippen LogP contribution is -2.38. The molecule has 6 nitrogen and oxygen atoms in total. The molecule has 33 heavy (non-hydrogen) atoms. The summed E-state index contributed by atoms with van der Waals surface area (Å²) in [5.74, 6) is -1.45. The van der Waals surface area contributed by atoms with Gasteiger partial charge in [-0.2, -0.15) is 18.4 Å². The molecule has 2 unspecified atom stereocenters. The quantitative estimate of drug-likeness (QED) is 0.539. The maximum absolute atomic E-state index is 14.6. The standard InChI is InChI=1S/C23H18F4N4O2/c1-29-21(32)16-9-8-15(11-18(16)24)31-20-5-3-2-4-19(20)30(22(31)33)14-7-6-13(12-28)17(10-14)23(25,26)27/h3,5-11,19-20H,2,4H2,1H3,(H,29,32). The van der Waals surface area contributed by atoms with Crippen LogP contribution in [0, 0.1) is 17.1 Å². The topological polar surface area (TPSA) is 76.4 Å². The van der Waals surface area contributed by atoms with E-state index in [-0.39, 0.29) is 16.9 Å². The van der Waals surface area contributed by atoms with Crippen LogP contribution < -0.4 is 15.1 Å². The Balaban J connectivity index is 1.79. The minimum absolute atomic E-state index is 0.00146. The molecular weight excluding hydrogens is 440 g/mol. The van der Waals surface area contributed by atoms with Gasteiger partial charge in [-0.1, -0.05) is 12.2 Å². The second kappa shape index (κ2) is 8.24. The third-order valence-corrected chi connectivity index (χ3v) is 5.81. The molecule has 4 rings (SSSR count). The van der Waals surface area contributed by atoms with Crippen molar-refractivity contribution in [2.45, 2.75) is 31.1 Å². The lowest BCUT2D eigenvalue weighted by atomic mass is 9.95. The predicted molar refractivity (Wildman–Crippen MR) is 112 cm³/mol. The van der Waals surface area contributed by atoms with Crippen molar-refractivity contribution in [2.75, 3.05) is 16.8 Å². The molecule has 3 amide bonds. The Hall–Kier alpha value is -3.87. The molecule has 2 aromatic carbocycles. The normalized spacial score (nSPS) is 19.9. The highest BCUT2D eigenvalue weighted by molar-refractivity contribution is 6.08. The number of carbonyl (C=O) groups is 2. The van der Waals surface area contributed by atoms with Gasteiger partial charge in [0.2, 0.25) is 0 Å². The van der Waals surface area contributed by atoms with Crippen molar-refractivity contribution in [3.05, 3.63) is 71.1 Å². The van der Waals surface area contributed by atoms with Crippen LogP contribution in [-0.2, 0) is 6.18 Å². The summed E-state index contributed by atoms with van der Waals surface area (Å²) >= 11 is 0. The number of urea groups is 1. The van der Waals surface area contributed by atoms with Crippen LogP contribution in [0.5, 0.6) is 0 Å². The molecule has 1 fully saturated rings. The van der Waals surface area contributed by atoms with E-state index in [1.165, 1.54) is 41.1 Å². The fourth-order valence-corrected chi connectivity index (χ4v) is 4.30. The van der Waals surface area contributed by atoms with Gasteiger partial charge in [-0.15, -0.1) is 0 Å². The van der Waals surface area contributed by atoms with Crippen LogP contribution in [0.1, 0.15) is 34.3 Å². The molecule has 0 radical (unpaired) electrons. The molecule has 1 aliphatic carbocycles. The number of rotatable bonds is 3. The Kier molecular flexibility index (Phi) is 5.57. The second-order valence-electron chi connectivity index (χ2n) is 7.67. The smallest absolute Gasteiger partial charge is 0.355 e. The zero-order valence-electron chi connectivity index (χ0n) is 17.4. The SMILES string of the molecule is CNC(=O)c1ccc(N2C(=O)N(c3ccc(C#N)c(C(F)(F)F)c3)C3CCC=CC32)cc1F. The third-order valence-electron chi connectivity index (χ3n) is 5.81. The minimum atomic E-state index is -4.77. The van der Waals surface area contributed by atoms with Crippen LogP contribution in [-0.4, -0.2) is 31.1 Å². The van der Waals surface area contributed by atoms with Crippen molar-refractivity contribution in [2.24, 2.45) is 0 Å². The Bertz CT molecular complexity index is 1200. The Morgan fingerprint density at radius 3 is 2.48 bits per heavy atom. The van der Waals surface area contributed by atoms with Crippen molar-refractivity contribution in [1.29, 1.82) is 5.26 Å². The van der Waals surface area contributed by atoms with Gasteiger partial charge in [0.15, 0.2) is 0 Å². The molecule has 2 atom stereocenters. The number of fused-ring (bicyclic) bond motifs is 1. The van der Waals surface area contributed by atoms with Crippen molar-refractivity contribution in [1.82, 2.24) is 5.32 Å². The molecule has 0 saturated carbocycles. The van der Waals surface area contributed by atoms with Gasteiger partial charge < -0.3 is 5.32 Å². The van der Waals surface area contributed by atoms with E-state index in [0.29, 0.717) is 12.8 Å². The minimum Gasteiger partial charge on any atom is -0.355 e. The van der Waals surface area contributed by atoms with E-state index in [1.807, 2.05) is 6.08 Å². The van der Waals surface area contributed by atoms with Gasteiger partial charge in [0.1, 0.15) is 5.82 Å². The molecule has 1 N–H and O–H groups in total. The van der Waals surface area contributed by atoms with E-state index < -0.39 is 47.1 Å². The summed E-state index contributed by atoms with van der Waals surface area (Å²) in [5.41, 5.74) is -1.68. The molecule has 0 spiro atoms. The van der Waals surface area contributed by atoms with Crippen molar-refractivity contribution >= 4 is 23.3 Å². The molecular formula is C23H18F4N4O2. The average Bonchev–Trinajstić information content (AvgIpc) is 3.09. The number of anilines is 2. The van der Waals surface area contributed by atoms with E-state index >= 15 is 0 Å². The number of hydrogen-bond donors (Lipinski definition) is 1. The molecule has 0 aromatic heterocycles. The molecule has 10 heteroatoms. The number of nitrogens with one attached hydrogen (secondary N) is 1. The molecule has 2 aromatic rings. The fourth-order valence-electron chi connectivity index (χ4n) is 4.30. The number of amides is 3. The van der Waals surface area contributed by atoms with Gasteiger partial charge in [0.25, 0.3) is 5.91 Å². The summed E-state index contributed by atoms with van der Waals surface area (Å²) in [6.45, 7) is 0. The largest absolute Gasteiger partial charge is 0.417 e. The second-order valence-corrected chi connectivity index (χ2v) is 7.67. The van der Waals surface area contributed by atoms with Crippen LogP contribution in [0.25, 0.3) is 0 Å². The summed E-state index contributed by atoms with van der Waals surface area (Å²) in [4.78, 5) is 27.8. The summed E-state index contributed by atoms with van der Waals surface area (Å²) in [7, 11) is 1.36. The van der Waals surface area contributed by atoms with Crippen LogP contribution >= 0.6 is 0 Å². The van der Waals surface area contributed by atoms with Crippen LogP contribution in [0.2, 0.25) is 0 Å². The predicted octanol–water partition coefficient (Wildman–Crippen LogP) is 4.61. The highest BCUT2D eigenvalue weighted by atomic mass is 19.4. The zero-order valence-corrected chi connectivity index (χ0v) is 17.4. The van der Waals surface area contributed by atoms with Crippen molar-refractivity contribution in [3.8, 4) is 6.07 Å². The zero-order chi connectivity index (χ0) is 23.9. The van der Waals surface area contributed by atoms with Gasteiger partial charge in [0, 0.05) is 18.4 Å². The van der Waals surface area contributed by atoms with Gasteiger partial charge in [-0.3, -0.25) is 14.6 Å². The highest BCUT2D eigenvalue weighted by Crippen LogP contribution is 2.40. The number of benzene rings is 2. The highest BCUT2D eigenvalue weighted by Gasteiger charge is 2.47. The van der Waals surface area contributed by atoms with Gasteiger partial charge in [-0.05, 0) is 49.2 Å². The summed E-state index contributed by atoms with van der Waals surface area (Å²) in [5, 5.41) is 11.4. The van der Waals surface area contributed by atoms with Crippen LogP contribution in [0.15, 0.2) is 48.6 Å². The number of allylic oxidation sites excluding steroid dienone is 1. The van der Waals surface area contributed by atoms with Gasteiger partial charge >= 0.3 is 12.2 Å². The lowest BCUT2D eigenvalue weighted by Gasteiger charge is -2.28. The maximum Gasteiger partial charge on any atom is 0.417 e. The molecule has 0 bridgehead atoms. The summed E-state index contributed by atoms with van der Waals surface area (Å²) in [6, 6.07) is 6.76. The van der Waals surface area contributed by atoms with Crippen LogP contribution in [0.3, 0.4) is 0 Å². The van der Waals surface area contributed by atoms with E-state index in [4.69, 9.17) is 5.26 Å². The van der Waals surface area contributed by atoms with Gasteiger partial charge in [-0.25, -0.2) is 9.18 Å². The van der Waals surface area contributed by atoms with E-state index in [9.17, 15) is 27.2 Å². The molecule has 1 saturated heterocycles. The maximum atomic E-state index is 14.6. The summed E-state index contributed by atoms with van der Waals surface area (Å²) < 4.78 is 55.1. The molecule has 2 aliphatic rings. The van der Waals surface area contributed by atoms with Crippen LogP contribution in [0.4, 0.5) is 33.7 Å². The molecule has 1 heterocycles. The number of nitrogens with zero attached hydrogens (tertiary/aromatic N) is 3. The Labute approximate surface area is 186 Å². The number of alkyl halides is 3. The number of nitriles is 1. The van der Waals surface area contributed by atoms with Crippen molar-refractivity contribution < 1.29 is 27.2 Å². The number of carbonyl (C=O) groups excluding carboxylic acids is 2. The summed E-state index contributed by atoms with van der Waals surface area (Å²) in [6.07, 6.45) is -0.0337. The van der Waals surface area contributed by atoms with Gasteiger partial charge in [0.05, 0.1) is 34.8 Å². The monoisotopic (exact) mass is 458 g/mol. The Morgan fingerprint density at radius 2 is 1.85 bits per heavy atom. The first kappa shape index (κ1) is 22.3.